The van der Waals surface area contributed by atoms with Gasteiger partial charge in [-0.05, 0) is 12.1 Å². The molecule has 1 aliphatic heterocycles. The molecule has 0 aliphatic carbocycles. The fourth-order valence-electron chi connectivity index (χ4n) is 2.01. The molecule has 7 heteroatoms. The largest absolute Gasteiger partial charge is 0.491 e. The number of alkyl halides is 1. The number of benzene rings is 1. The smallest absolute Gasteiger partial charge is 0.235 e. The minimum absolute atomic E-state index is 0. The number of ether oxygens (including phenoxy) is 2. The Bertz CT molecular complexity index is 568. The Morgan fingerprint density at radius 1 is 1.45 bits per heavy atom. The Labute approximate surface area is 178 Å². The zero-order chi connectivity index (χ0) is 15.4. The van der Waals surface area contributed by atoms with Crippen LogP contribution in [0.1, 0.15) is 12.0 Å². The number of carbonyl (C=O) groups is 1. The molecule has 0 saturated carbocycles. The Kier molecular flexibility index (Phi) is 9.07. The third-order valence-corrected chi connectivity index (χ3v) is 4.76. The molecule has 0 spiro atoms. The topological polar surface area (TPSA) is 38.8 Å². The second-order valence-electron chi connectivity index (χ2n) is 4.58. The van der Waals surface area contributed by atoms with Crippen LogP contribution in [0.15, 0.2) is 22.7 Å². The maximum Gasteiger partial charge on any atom is 0.235 e. The summed E-state index contributed by atoms with van der Waals surface area (Å²) in [7, 11) is 3.42. The van der Waals surface area contributed by atoms with Crippen LogP contribution >= 0.6 is 38.5 Å². The van der Waals surface area contributed by atoms with E-state index in [1.807, 2.05) is 18.2 Å². The van der Waals surface area contributed by atoms with Gasteiger partial charge in [-0.15, -0.1) is 17.3 Å². The molecule has 1 radical (unpaired) electrons. The molecule has 0 aromatic heterocycles. The van der Waals surface area contributed by atoms with Crippen LogP contribution in [0.3, 0.4) is 0 Å². The molecule has 1 atom stereocenters. The summed E-state index contributed by atoms with van der Waals surface area (Å²) >= 11 is 5.69. The summed E-state index contributed by atoms with van der Waals surface area (Å²) < 4.78 is 11.4. The molecule has 1 amide bonds. The maximum atomic E-state index is 12.1. The second-order valence-corrected chi connectivity index (χ2v) is 6.94. The van der Waals surface area contributed by atoms with E-state index in [1.54, 1.807) is 19.1 Å². The monoisotopic (exact) mass is 553 g/mol. The summed E-state index contributed by atoms with van der Waals surface area (Å²) in [5.41, 5.74) is 1.75. The number of carbonyl (C=O) groups excluding carboxylic acids is 1. The van der Waals surface area contributed by atoms with Crippen LogP contribution < -0.4 is 4.74 Å². The van der Waals surface area contributed by atoms with Crippen molar-refractivity contribution in [1.29, 1.82) is 0 Å². The molecular weight excluding hydrogens is 538 g/mol. The summed E-state index contributed by atoms with van der Waals surface area (Å²) in [6.07, 6.45) is 3.94. The maximum absolute atomic E-state index is 12.1. The van der Waals surface area contributed by atoms with Gasteiger partial charge in [-0.2, -0.15) is 0 Å². The molecule has 1 aromatic rings. The van der Waals surface area contributed by atoms with Gasteiger partial charge < -0.3 is 14.4 Å². The summed E-state index contributed by atoms with van der Waals surface area (Å²) in [5.74, 6) is 0.872. The summed E-state index contributed by atoms with van der Waals surface area (Å²) in [6.45, 7) is 1.05. The van der Waals surface area contributed by atoms with Gasteiger partial charge in [0.05, 0.1) is 10.5 Å². The average Bonchev–Trinajstić information content (AvgIpc) is 2.46. The van der Waals surface area contributed by atoms with E-state index in [4.69, 9.17) is 9.47 Å². The van der Waals surface area contributed by atoms with E-state index in [0.29, 0.717) is 19.6 Å². The zero-order valence-corrected chi connectivity index (χ0v) is 19.0. The van der Waals surface area contributed by atoms with Gasteiger partial charge in [-0.25, -0.2) is 6.08 Å². The van der Waals surface area contributed by atoms with Gasteiger partial charge in [0.25, 0.3) is 0 Å². The first-order valence-electron chi connectivity index (χ1n) is 6.48. The third kappa shape index (κ3) is 5.00. The van der Waals surface area contributed by atoms with E-state index in [-0.39, 0.29) is 42.5 Å². The van der Waals surface area contributed by atoms with Gasteiger partial charge in [-0.3, -0.25) is 4.79 Å². The molecule has 1 aromatic carbocycles. The Hall–Kier alpha value is 0.504. The van der Waals surface area contributed by atoms with E-state index in [2.05, 4.69) is 44.6 Å². The molecule has 117 valence electrons. The first-order valence-corrected chi connectivity index (χ1v) is 8.52. The molecule has 2 rings (SSSR count). The first-order chi connectivity index (χ1) is 10.0. The van der Waals surface area contributed by atoms with E-state index in [9.17, 15) is 4.79 Å². The predicted octanol–water partition coefficient (Wildman–Crippen LogP) is 3.28. The molecule has 0 saturated heterocycles. The molecular formula is C15H16BrINO3Y-. The minimum atomic E-state index is -0.0354. The van der Waals surface area contributed by atoms with Crippen molar-refractivity contribution in [2.75, 3.05) is 27.4 Å². The molecule has 0 fully saturated rings. The predicted molar refractivity (Wildman–Crippen MR) is 93.4 cm³/mol. The van der Waals surface area contributed by atoms with Crippen molar-refractivity contribution >= 4 is 50.1 Å². The normalized spacial score (nSPS) is 17.8. The molecule has 4 nitrogen and oxygen atoms in total. The van der Waals surface area contributed by atoms with Crippen molar-refractivity contribution in [2.45, 2.75) is 10.3 Å². The Morgan fingerprint density at radius 3 is 2.82 bits per heavy atom. The van der Waals surface area contributed by atoms with Crippen LogP contribution in [0, 0.1) is 6.08 Å². The van der Waals surface area contributed by atoms with Crippen LogP contribution in [0.5, 0.6) is 5.75 Å². The average molecular weight is 554 g/mol. The van der Waals surface area contributed by atoms with Gasteiger partial charge >= 0.3 is 0 Å². The standard InChI is InChI=1S/C15H16BrINO3.Y/c1-18-14(6-5-13(17)15(18)19)11-4-3-10(9-12(11)16)21-8-7-20-2;/h3-4,9,13H,5,7-8H2,1-2H3;/q-1;. The Morgan fingerprint density at radius 2 is 2.18 bits per heavy atom. The Balaban J connectivity index is 0.00000242. The molecule has 1 heterocycles. The molecule has 0 bridgehead atoms. The summed E-state index contributed by atoms with van der Waals surface area (Å²) in [5, 5.41) is 0. The van der Waals surface area contributed by atoms with Crippen molar-refractivity contribution < 1.29 is 47.0 Å². The fourth-order valence-corrected chi connectivity index (χ4v) is 3.19. The summed E-state index contributed by atoms with van der Waals surface area (Å²) in [6, 6.07) is 5.72. The van der Waals surface area contributed by atoms with Crippen molar-refractivity contribution in [2.24, 2.45) is 0 Å². The molecule has 1 unspecified atom stereocenters. The number of halogens is 2. The number of hydrogen-bond donors (Lipinski definition) is 0. The van der Waals surface area contributed by atoms with E-state index in [0.717, 1.165) is 21.5 Å². The third-order valence-electron chi connectivity index (χ3n) is 3.13. The van der Waals surface area contributed by atoms with Crippen molar-refractivity contribution in [3.8, 4) is 5.75 Å². The quantitative estimate of drug-likeness (QED) is 0.243. The van der Waals surface area contributed by atoms with Gasteiger partial charge in [0, 0.05) is 46.9 Å². The summed E-state index contributed by atoms with van der Waals surface area (Å²) in [4.78, 5) is 13.7. The van der Waals surface area contributed by atoms with Gasteiger partial charge in [0.2, 0.25) is 5.91 Å². The fraction of sp³-hybridized carbons (Fsp3) is 0.400. The SMILES string of the molecule is COCCOc1ccc(C2=[C-]CC(I)C(=O)N2C)c(Br)c1.[Y]. The number of allylic oxidation sites excluding steroid dienone is 1. The number of amides is 1. The molecule has 22 heavy (non-hydrogen) atoms. The van der Waals surface area contributed by atoms with Crippen LogP contribution in [-0.2, 0) is 42.2 Å². The van der Waals surface area contributed by atoms with Crippen LogP contribution in [0.4, 0.5) is 0 Å². The van der Waals surface area contributed by atoms with Crippen molar-refractivity contribution in [3.05, 3.63) is 34.3 Å². The number of rotatable bonds is 5. The van der Waals surface area contributed by atoms with Crippen molar-refractivity contribution in [3.63, 3.8) is 0 Å². The van der Waals surface area contributed by atoms with Crippen molar-refractivity contribution in [1.82, 2.24) is 4.90 Å². The van der Waals surface area contributed by atoms with Crippen LogP contribution in [0.25, 0.3) is 5.70 Å². The first kappa shape index (κ1) is 20.5. The van der Waals surface area contributed by atoms with Crippen LogP contribution in [0.2, 0.25) is 0 Å². The minimum Gasteiger partial charge on any atom is -0.491 e. The van der Waals surface area contributed by atoms with E-state index >= 15 is 0 Å². The van der Waals surface area contributed by atoms with Gasteiger partial charge in [-0.1, -0.05) is 49.4 Å². The number of hydrogen-bond acceptors (Lipinski definition) is 3. The zero-order valence-electron chi connectivity index (χ0n) is 12.4. The second kappa shape index (κ2) is 9.72. The molecule has 0 N–H and O–H groups in total. The molecule has 1 aliphatic rings. The van der Waals surface area contributed by atoms with E-state index < -0.39 is 0 Å². The number of methoxy groups -OCH3 is 1. The van der Waals surface area contributed by atoms with Gasteiger partial charge in [0.15, 0.2) is 0 Å². The number of nitrogens with zero attached hydrogens (tertiary/aromatic N) is 1. The van der Waals surface area contributed by atoms with E-state index in [1.165, 1.54) is 0 Å². The van der Waals surface area contributed by atoms with Crippen LogP contribution in [-0.4, -0.2) is 42.1 Å². The van der Waals surface area contributed by atoms with Gasteiger partial charge in [0.1, 0.15) is 12.4 Å².